The first-order chi connectivity index (χ1) is 14.8. The van der Waals surface area contributed by atoms with Gasteiger partial charge in [-0.1, -0.05) is 26.0 Å². The highest BCUT2D eigenvalue weighted by molar-refractivity contribution is 6.09. The molecule has 1 unspecified atom stereocenters. The zero-order chi connectivity index (χ0) is 22.2. The summed E-state index contributed by atoms with van der Waals surface area (Å²) >= 11 is 0. The maximum Gasteiger partial charge on any atom is 0.315 e. The zero-order valence-corrected chi connectivity index (χ0v) is 18.9. The van der Waals surface area contributed by atoms with E-state index in [1.165, 1.54) is 0 Å². The summed E-state index contributed by atoms with van der Waals surface area (Å²) in [7, 11) is 0. The van der Waals surface area contributed by atoms with Crippen molar-refractivity contribution < 1.29 is 19.1 Å². The molecule has 0 spiro atoms. The average Bonchev–Trinajstić information content (AvgIpc) is 2.72. The molecule has 0 radical (unpaired) electrons. The van der Waals surface area contributed by atoms with E-state index < -0.39 is 5.92 Å². The van der Waals surface area contributed by atoms with Gasteiger partial charge in [0.15, 0.2) is 5.78 Å². The molecule has 3 aliphatic rings. The summed E-state index contributed by atoms with van der Waals surface area (Å²) in [5.74, 6) is -1.14. The Labute approximate surface area is 184 Å². The fourth-order valence-electron chi connectivity index (χ4n) is 5.06. The third-order valence-corrected chi connectivity index (χ3v) is 6.47. The standard InChI is InChI=1S/C25H32N2O4/c1-5-31-24(29)21-16(2)26-19-14-25(3,4)15-20(28)23(19)22(21)17-6-8-18(9-7-17)27-10-12-30-13-11-27/h6-9,21-22H,5,10-15H2,1-4H3/t21?,22-/m0/s1. The lowest BCUT2D eigenvalue weighted by molar-refractivity contribution is -0.146. The van der Waals surface area contributed by atoms with Crippen molar-refractivity contribution in [2.45, 2.75) is 46.5 Å². The molecule has 0 saturated carbocycles. The molecule has 4 rings (SSSR count). The summed E-state index contributed by atoms with van der Waals surface area (Å²) in [5, 5.41) is 0. The summed E-state index contributed by atoms with van der Waals surface area (Å²) in [6, 6.07) is 8.28. The lowest BCUT2D eigenvalue weighted by atomic mass is 9.67. The van der Waals surface area contributed by atoms with Crippen molar-refractivity contribution in [2.24, 2.45) is 16.3 Å². The number of morpholine rings is 1. The normalized spacial score (nSPS) is 25.7. The highest BCUT2D eigenvalue weighted by Gasteiger charge is 2.45. The number of rotatable bonds is 4. The van der Waals surface area contributed by atoms with E-state index in [9.17, 15) is 9.59 Å². The number of ketones is 1. The largest absolute Gasteiger partial charge is 0.465 e. The van der Waals surface area contributed by atoms with Gasteiger partial charge in [-0.05, 0) is 43.4 Å². The Morgan fingerprint density at radius 2 is 1.87 bits per heavy atom. The van der Waals surface area contributed by atoms with Gasteiger partial charge in [0.05, 0.1) is 19.8 Å². The Morgan fingerprint density at radius 3 is 2.52 bits per heavy atom. The number of carbonyl (C=O) groups is 2. The summed E-state index contributed by atoms with van der Waals surface area (Å²) in [4.78, 5) is 33.3. The minimum atomic E-state index is -0.571. The summed E-state index contributed by atoms with van der Waals surface area (Å²) in [5.41, 5.74) is 4.23. The summed E-state index contributed by atoms with van der Waals surface area (Å²) in [6.45, 7) is 11.4. The third kappa shape index (κ3) is 4.31. The maximum absolute atomic E-state index is 13.3. The first-order valence-corrected chi connectivity index (χ1v) is 11.2. The van der Waals surface area contributed by atoms with Crippen molar-refractivity contribution in [1.82, 2.24) is 0 Å². The Morgan fingerprint density at radius 1 is 1.19 bits per heavy atom. The number of aliphatic imine (C=N–C) groups is 1. The van der Waals surface area contributed by atoms with Gasteiger partial charge in [-0.2, -0.15) is 0 Å². The number of nitrogens with zero attached hydrogens (tertiary/aromatic N) is 2. The fraction of sp³-hybridized carbons (Fsp3) is 0.560. The first-order valence-electron chi connectivity index (χ1n) is 11.2. The highest BCUT2D eigenvalue weighted by Crippen LogP contribution is 2.48. The highest BCUT2D eigenvalue weighted by atomic mass is 16.5. The van der Waals surface area contributed by atoms with E-state index >= 15 is 0 Å². The Hall–Kier alpha value is -2.47. The van der Waals surface area contributed by atoms with Gasteiger partial charge in [-0.15, -0.1) is 0 Å². The van der Waals surface area contributed by atoms with Crippen LogP contribution in [0.25, 0.3) is 0 Å². The summed E-state index contributed by atoms with van der Waals surface area (Å²) < 4.78 is 10.9. The molecule has 166 valence electrons. The topological polar surface area (TPSA) is 68.2 Å². The minimum absolute atomic E-state index is 0.0963. The van der Waals surface area contributed by atoms with Gasteiger partial charge in [-0.3, -0.25) is 14.6 Å². The lowest BCUT2D eigenvalue weighted by Gasteiger charge is -2.39. The Kier molecular flexibility index (Phi) is 6.02. The molecule has 1 aromatic rings. The number of hydrogen-bond donors (Lipinski definition) is 0. The van der Waals surface area contributed by atoms with Crippen LogP contribution in [0.15, 0.2) is 40.5 Å². The van der Waals surface area contributed by atoms with Crippen LogP contribution in [0.3, 0.4) is 0 Å². The molecule has 6 nitrogen and oxygen atoms in total. The number of ether oxygens (including phenoxy) is 2. The molecule has 31 heavy (non-hydrogen) atoms. The van der Waals surface area contributed by atoms with Gasteiger partial charge in [0.2, 0.25) is 0 Å². The summed E-state index contributed by atoms with van der Waals surface area (Å²) in [6.07, 6.45) is 1.21. The third-order valence-electron chi connectivity index (χ3n) is 6.47. The number of allylic oxidation sites excluding steroid dienone is 2. The second kappa shape index (κ2) is 8.58. The van der Waals surface area contributed by atoms with Crippen LogP contribution in [-0.2, 0) is 19.1 Å². The fourth-order valence-corrected chi connectivity index (χ4v) is 5.06. The van der Waals surface area contributed by atoms with Crippen molar-refractivity contribution in [3.63, 3.8) is 0 Å². The van der Waals surface area contributed by atoms with Gasteiger partial charge >= 0.3 is 5.97 Å². The van der Waals surface area contributed by atoms with Crippen molar-refractivity contribution in [3.05, 3.63) is 41.1 Å². The predicted molar refractivity (Wildman–Crippen MR) is 120 cm³/mol. The second-order valence-corrected chi connectivity index (χ2v) is 9.45. The van der Waals surface area contributed by atoms with E-state index in [2.05, 4.69) is 43.0 Å². The van der Waals surface area contributed by atoms with E-state index in [1.54, 1.807) is 6.92 Å². The van der Waals surface area contributed by atoms with Crippen LogP contribution < -0.4 is 4.90 Å². The predicted octanol–water partition coefficient (Wildman–Crippen LogP) is 3.90. The van der Waals surface area contributed by atoms with Crippen molar-refractivity contribution in [1.29, 1.82) is 0 Å². The van der Waals surface area contributed by atoms with E-state index in [-0.39, 0.29) is 23.1 Å². The quantitative estimate of drug-likeness (QED) is 0.686. The molecule has 0 N–H and O–H groups in total. The number of benzene rings is 1. The van der Waals surface area contributed by atoms with Gasteiger partial charge in [0.25, 0.3) is 0 Å². The zero-order valence-electron chi connectivity index (χ0n) is 18.9. The molecule has 6 heteroatoms. The van der Waals surface area contributed by atoms with E-state index in [1.807, 2.05) is 6.92 Å². The van der Waals surface area contributed by atoms with Crippen molar-refractivity contribution in [3.8, 4) is 0 Å². The van der Waals surface area contributed by atoms with E-state index in [0.717, 1.165) is 55.4 Å². The molecular formula is C25H32N2O4. The van der Waals surface area contributed by atoms with Gasteiger partial charge in [-0.25, -0.2) is 0 Å². The molecule has 1 saturated heterocycles. The molecular weight excluding hydrogens is 392 g/mol. The maximum atomic E-state index is 13.3. The molecule has 2 aliphatic heterocycles. The van der Waals surface area contributed by atoms with Gasteiger partial charge in [0.1, 0.15) is 5.92 Å². The molecule has 0 bridgehead atoms. The van der Waals surface area contributed by atoms with Crippen LogP contribution in [0, 0.1) is 11.3 Å². The van der Waals surface area contributed by atoms with Crippen LogP contribution in [0.5, 0.6) is 0 Å². The number of esters is 1. The number of Topliss-reactive ketones (excluding diaryl/α,β-unsaturated/α-hetero) is 1. The van der Waals surface area contributed by atoms with Crippen LogP contribution in [0.1, 0.15) is 52.0 Å². The monoisotopic (exact) mass is 424 g/mol. The van der Waals surface area contributed by atoms with Crippen LogP contribution in [0.2, 0.25) is 0 Å². The SMILES string of the molecule is CCOC(=O)C1C(C)=NC2=C(C(=O)CC(C)(C)C2)[C@H]1c1ccc(N2CCOCC2)cc1. The van der Waals surface area contributed by atoms with Gasteiger partial charge < -0.3 is 14.4 Å². The van der Waals surface area contributed by atoms with Crippen LogP contribution in [0.4, 0.5) is 5.69 Å². The number of anilines is 1. The first kappa shape index (κ1) is 21.8. The Balaban J connectivity index is 1.75. The molecule has 2 heterocycles. The minimum Gasteiger partial charge on any atom is -0.465 e. The molecule has 2 atom stereocenters. The van der Waals surface area contributed by atoms with Crippen LogP contribution >= 0.6 is 0 Å². The van der Waals surface area contributed by atoms with Crippen molar-refractivity contribution in [2.75, 3.05) is 37.8 Å². The molecule has 0 aromatic heterocycles. The van der Waals surface area contributed by atoms with E-state index in [0.29, 0.717) is 18.6 Å². The molecule has 0 amide bonds. The average molecular weight is 425 g/mol. The lowest BCUT2D eigenvalue weighted by Crippen LogP contribution is -2.39. The number of carbonyl (C=O) groups excluding carboxylic acids is 2. The van der Waals surface area contributed by atoms with Crippen molar-refractivity contribution >= 4 is 23.2 Å². The van der Waals surface area contributed by atoms with E-state index in [4.69, 9.17) is 14.5 Å². The second-order valence-electron chi connectivity index (χ2n) is 9.45. The Bertz CT molecular complexity index is 923. The molecule has 1 aliphatic carbocycles. The molecule has 1 aromatic carbocycles. The van der Waals surface area contributed by atoms with Gasteiger partial charge in [0, 0.05) is 48.1 Å². The molecule has 1 fully saturated rings. The number of hydrogen-bond acceptors (Lipinski definition) is 6. The van der Waals surface area contributed by atoms with Crippen LogP contribution in [-0.4, -0.2) is 50.4 Å². The smallest absolute Gasteiger partial charge is 0.315 e.